The zero-order valence-corrected chi connectivity index (χ0v) is 37.4. The summed E-state index contributed by atoms with van der Waals surface area (Å²) in [7, 11) is 1.45. The third-order valence-corrected chi connectivity index (χ3v) is 13.2. The van der Waals surface area contributed by atoms with Crippen molar-refractivity contribution in [1.29, 1.82) is 0 Å². The van der Waals surface area contributed by atoms with Gasteiger partial charge >= 0.3 is 0 Å². The second-order valence-electron chi connectivity index (χ2n) is 18.0. The molecule has 5 atom stereocenters. The van der Waals surface area contributed by atoms with Crippen molar-refractivity contribution in [3.8, 4) is 17.6 Å². The average molecular weight is 908 g/mol. The van der Waals surface area contributed by atoms with E-state index >= 15 is 4.39 Å². The van der Waals surface area contributed by atoms with Crippen molar-refractivity contribution in [1.82, 2.24) is 20.9 Å². The number of carbonyl (C=O) groups excluding carboxylic acids is 5. The number of piperidine rings is 1. The molecule has 5 N–H and O–H groups in total. The van der Waals surface area contributed by atoms with E-state index in [1.165, 1.54) is 18.1 Å². The molecule has 2 saturated heterocycles. The predicted molar refractivity (Wildman–Crippen MR) is 243 cm³/mol. The van der Waals surface area contributed by atoms with Crippen molar-refractivity contribution in [3.05, 3.63) is 122 Å². The maximum atomic E-state index is 16.2. The second kappa shape index (κ2) is 17.9. The minimum absolute atomic E-state index is 0.0350. The Balaban J connectivity index is 0.942. The Morgan fingerprint density at radius 3 is 2.59 bits per heavy atom. The van der Waals surface area contributed by atoms with E-state index in [4.69, 9.17) is 27.9 Å². The highest BCUT2D eigenvalue weighted by atomic mass is 35.5. The summed E-state index contributed by atoms with van der Waals surface area (Å²) in [4.78, 5) is 66.7. The first kappa shape index (κ1) is 44.7. The van der Waals surface area contributed by atoms with E-state index in [0.717, 1.165) is 16.8 Å². The van der Waals surface area contributed by atoms with Gasteiger partial charge in [-0.25, -0.2) is 4.39 Å². The van der Waals surface area contributed by atoms with Crippen LogP contribution in [0.2, 0.25) is 10.0 Å². The summed E-state index contributed by atoms with van der Waals surface area (Å²) in [6.07, 6.45) is 2.14. The highest BCUT2D eigenvalue weighted by Crippen LogP contribution is 2.56. The SMILES string of the molecule is COc1cc(C(=O)NCCCC#Cc2cccc3c2CN([C@@H]2CCC(=O)NC2=O)C3=O)ccc1NC(=O)[C@@H]1N[C@@H](CC(C)(C)C)[C@@]2(CNc3cc(Cl)ccc32)[C@H]1c1cccc(Cl)c1F. The average Bonchev–Trinajstić information content (AvgIpc) is 3.90. The van der Waals surface area contributed by atoms with Crippen LogP contribution in [-0.4, -0.2) is 72.8 Å². The first-order valence-corrected chi connectivity index (χ1v) is 22.1. The molecule has 4 aromatic carbocycles. The van der Waals surface area contributed by atoms with Gasteiger partial charge in [-0.1, -0.05) is 80.1 Å². The maximum absolute atomic E-state index is 16.2. The lowest BCUT2D eigenvalue weighted by molar-refractivity contribution is -0.137. The lowest BCUT2D eigenvalue weighted by Gasteiger charge is -2.39. The molecule has 332 valence electrons. The molecule has 1 spiro atoms. The van der Waals surface area contributed by atoms with E-state index in [2.05, 4.69) is 59.2 Å². The molecule has 4 aliphatic rings. The van der Waals surface area contributed by atoms with Crippen molar-refractivity contribution in [2.75, 3.05) is 30.8 Å². The zero-order chi connectivity index (χ0) is 45.5. The van der Waals surface area contributed by atoms with Crippen LogP contribution in [0.5, 0.6) is 5.75 Å². The molecule has 64 heavy (non-hydrogen) atoms. The number of hydrogen-bond acceptors (Lipinski definition) is 8. The molecule has 0 radical (unpaired) electrons. The maximum Gasteiger partial charge on any atom is 0.255 e. The molecule has 4 aromatic rings. The minimum atomic E-state index is -0.905. The zero-order valence-electron chi connectivity index (χ0n) is 35.9. The van der Waals surface area contributed by atoms with E-state index in [1.807, 2.05) is 24.3 Å². The van der Waals surface area contributed by atoms with Gasteiger partial charge in [-0.3, -0.25) is 29.3 Å². The summed E-state index contributed by atoms with van der Waals surface area (Å²) in [5.41, 5.74) is 3.77. The molecule has 4 aliphatic heterocycles. The summed E-state index contributed by atoms with van der Waals surface area (Å²) < 4.78 is 21.9. The molecule has 0 aromatic heterocycles. The molecule has 2 fully saturated rings. The van der Waals surface area contributed by atoms with Gasteiger partial charge in [0.1, 0.15) is 17.6 Å². The Labute approximate surface area is 381 Å². The molecule has 4 heterocycles. The predicted octanol–water partition coefficient (Wildman–Crippen LogP) is 7.33. The van der Waals surface area contributed by atoms with Crippen molar-refractivity contribution in [2.45, 2.75) is 88.9 Å². The summed E-state index contributed by atoms with van der Waals surface area (Å²) in [6, 6.07) is 18.7. The highest BCUT2D eigenvalue weighted by molar-refractivity contribution is 6.31. The first-order chi connectivity index (χ1) is 30.6. The van der Waals surface area contributed by atoms with Gasteiger partial charge < -0.3 is 30.9 Å². The Kier molecular flexibility index (Phi) is 12.5. The normalized spacial score (nSPS) is 22.3. The number of nitrogens with one attached hydrogen (secondary N) is 5. The standard InChI is InChI=1S/C49H49Cl2FN6O6/c1-48(2,3)24-39-49(26-54-36-23-29(50)16-17-33(36)49)41(31-13-9-14-34(51)42(31)52)43(56-39)46(62)55-35-18-15-28(22-38(35)64-4)44(60)53-21-7-5-6-10-27-11-8-12-30-32(27)25-58(47(30)63)37-19-20-40(59)57-45(37)61/h8-9,11-18,22-23,37,39,41,43,54,56H,5,7,19-21,24-26H2,1-4H3,(H,53,60)(H,55,62)(H,57,59,61)/t37-,39+,41+,43-,49+/m1/s1. The van der Waals surface area contributed by atoms with Crippen molar-refractivity contribution in [3.63, 3.8) is 0 Å². The van der Waals surface area contributed by atoms with Gasteiger partial charge in [-0.2, -0.15) is 0 Å². The van der Waals surface area contributed by atoms with Crippen LogP contribution in [0.25, 0.3) is 0 Å². The third kappa shape index (κ3) is 8.54. The number of amides is 5. The highest BCUT2D eigenvalue weighted by Gasteiger charge is 2.61. The van der Waals surface area contributed by atoms with Crippen LogP contribution < -0.4 is 31.3 Å². The van der Waals surface area contributed by atoms with Crippen LogP contribution in [0.1, 0.15) is 102 Å². The lowest BCUT2D eigenvalue weighted by Crippen LogP contribution is -2.52. The number of benzene rings is 4. The van der Waals surface area contributed by atoms with Crippen molar-refractivity contribution < 1.29 is 33.1 Å². The molecular formula is C49H49Cl2FN6O6. The fraction of sp³-hybridized carbons (Fsp3) is 0.367. The van der Waals surface area contributed by atoms with E-state index in [0.29, 0.717) is 65.3 Å². The summed E-state index contributed by atoms with van der Waals surface area (Å²) in [5.74, 6) is 3.47. The molecule has 0 unspecified atom stereocenters. The minimum Gasteiger partial charge on any atom is -0.495 e. The summed E-state index contributed by atoms with van der Waals surface area (Å²) in [6.45, 7) is 7.40. The molecule has 5 amide bonds. The van der Waals surface area contributed by atoms with Crippen LogP contribution in [0.15, 0.2) is 72.8 Å². The van der Waals surface area contributed by atoms with Crippen LogP contribution in [0, 0.1) is 23.1 Å². The monoisotopic (exact) mass is 906 g/mol. The fourth-order valence-corrected chi connectivity index (χ4v) is 10.1. The fourth-order valence-electron chi connectivity index (χ4n) is 9.76. The number of unbranched alkanes of at least 4 members (excludes halogenated alkanes) is 1. The Morgan fingerprint density at radius 2 is 1.83 bits per heavy atom. The first-order valence-electron chi connectivity index (χ1n) is 21.4. The van der Waals surface area contributed by atoms with Gasteiger partial charge in [0.25, 0.3) is 11.8 Å². The Hall–Kier alpha value is -5.94. The number of methoxy groups -OCH3 is 1. The van der Waals surface area contributed by atoms with Gasteiger partial charge in [-0.15, -0.1) is 0 Å². The quantitative estimate of drug-likeness (QED) is 0.0630. The van der Waals surface area contributed by atoms with Crippen molar-refractivity contribution >= 4 is 64.1 Å². The van der Waals surface area contributed by atoms with Crippen LogP contribution >= 0.6 is 23.2 Å². The largest absolute Gasteiger partial charge is 0.495 e. The molecule has 8 rings (SSSR count). The van der Waals surface area contributed by atoms with Gasteiger partial charge in [0, 0.05) is 77.3 Å². The third-order valence-electron chi connectivity index (χ3n) is 12.7. The molecule has 0 saturated carbocycles. The molecule has 0 bridgehead atoms. The number of anilines is 2. The number of ether oxygens (including phenoxy) is 1. The van der Waals surface area contributed by atoms with Gasteiger partial charge in [0.2, 0.25) is 17.7 Å². The number of carbonyl (C=O) groups is 5. The van der Waals surface area contributed by atoms with E-state index in [-0.39, 0.29) is 59.3 Å². The molecule has 0 aliphatic carbocycles. The summed E-state index contributed by atoms with van der Waals surface area (Å²) in [5, 5.41) is 15.9. The van der Waals surface area contributed by atoms with E-state index < -0.39 is 41.0 Å². The Bertz CT molecular complexity index is 2640. The van der Waals surface area contributed by atoms with Crippen LogP contribution in [-0.2, 0) is 26.3 Å². The molecular weight excluding hydrogens is 858 g/mol. The number of imide groups is 1. The summed E-state index contributed by atoms with van der Waals surface area (Å²) >= 11 is 12.8. The number of nitrogens with zero attached hydrogens (tertiary/aromatic N) is 1. The van der Waals surface area contributed by atoms with Crippen LogP contribution in [0.4, 0.5) is 15.8 Å². The number of halogens is 3. The van der Waals surface area contributed by atoms with Crippen LogP contribution in [0.3, 0.4) is 0 Å². The smallest absolute Gasteiger partial charge is 0.255 e. The lowest BCUT2D eigenvalue weighted by atomic mass is 9.63. The Morgan fingerprint density at radius 1 is 1.03 bits per heavy atom. The van der Waals surface area contributed by atoms with Crippen molar-refractivity contribution in [2.24, 2.45) is 5.41 Å². The topological polar surface area (TPSA) is 158 Å². The number of fused-ring (bicyclic) bond motifs is 3. The van der Waals surface area contributed by atoms with Gasteiger partial charge in [-0.05, 0) is 89.9 Å². The van der Waals surface area contributed by atoms with Gasteiger partial charge in [0.15, 0.2) is 0 Å². The second-order valence-corrected chi connectivity index (χ2v) is 18.8. The van der Waals surface area contributed by atoms with E-state index in [1.54, 1.807) is 42.5 Å². The van der Waals surface area contributed by atoms with Gasteiger partial charge in [0.05, 0.1) is 23.9 Å². The number of hydrogen-bond donors (Lipinski definition) is 5. The molecule has 12 nitrogen and oxygen atoms in total. The van der Waals surface area contributed by atoms with E-state index in [9.17, 15) is 24.0 Å². The molecule has 15 heteroatoms. The number of rotatable bonds is 10.